The van der Waals surface area contributed by atoms with Crippen molar-refractivity contribution in [2.24, 2.45) is 0 Å². The first-order chi connectivity index (χ1) is 14.6. The van der Waals surface area contributed by atoms with Gasteiger partial charge in [-0.3, -0.25) is 9.52 Å². The van der Waals surface area contributed by atoms with Crippen molar-refractivity contribution < 1.29 is 22.7 Å². The maximum atomic E-state index is 12.9. The predicted octanol–water partition coefficient (Wildman–Crippen LogP) is 2.78. The molecule has 1 aromatic heterocycles. The van der Waals surface area contributed by atoms with Crippen LogP contribution in [-0.2, 0) is 14.8 Å². The third-order valence-corrected chi connectivity index (χ3v) is 7.61. The van der Waals surface area contributed by atoms with Crippen LogP contribution in [0.4, 0.5) is 9.93 Å². The SMILES string of the molecule is CCOC(=O)N1CCN(C(=O)c2sc(NS(=O)(=O)c3ccc(C)cc3C)nc2C)CC1. The molecule has 0 saturated carbocycles. The van der Waals surface area contributed by atoms with Crippen LogP contribution < -0.4 is 4.72 Å². The Labute approximate surface area is 186 Å². The summed E-state index contributed by atoms with van der Waals surface area (Å²) in [6.45, 7) is 8.87. The highest BCUT2D eigenvalue weighted by Gasteiger charge is 2.28. The lowest BCUT2D eigenvalue weighted by molar-refractivity contribution is 0.0573. The van der Waals surface area contributed by atoms with Crippen molar-refractivity contribution in [1.82, 2.24) is 14.8 Å². The summed E-state index contributed by atoms with van der Waals surface area (Å²) >= 11 is 1.01. The van der Waals surface area contributed by atoms with Crippen LogP contribution in [0.1, 0.15) is 33.4 Å². The highest BCUT2D eigenvalue weighted by atomic mass is 32.2. The Hall–Kier alpha value is -2.66. The first-order valence-corrected chi connectivity index (χ1v) is 12.2. The molecule has 1 N–H and O–H groups in total. The van der Waals surface area contributed by atoms with E-state index in [0.717, 1.165) is 16.9 Å². The van der Waals surface area contributed by atoms with Crippen LogP contribution >= 0.6 is 11.3 Å². The zero-order valence-electron chi connectivity index (χ0n) is 18.0. The number of aryl methyl sites for hydroxylation is 3. The van der Waals surface area contributed by atoms with E-state index >= 15 is 0 Å². The Morgan fingerprint density at radius 3 is 2.39 bits per heavy atom. The summed E-state index contributed by atoms with van der Waals surface area (Å²) < 4.78 is 33.1. The van der Waals surface area contributed by atoms with Crippen molar-refractivity contribution in [3.63, 3.8) is 0 Å². The molecule has 1 saturated heterocycles. The van der Waals surface area contributed by atoms with Gasteiger partial charge in [-0.15, -0.1) is 0 Å². The van der Waals surface area contributed by atoms with Gasteiger partial charge in [0, 0.05) is 26.2 Å². The van der Waals surface area contributed by atoms with Gasteiger partial charge in [-0.2, -0.15) is 0 Å². The third-order valence-electron chi connectivity index (χ3n) is 4.93. The molecule has 0 unspecified atom stereocenters. The van der Waals surface area contributed by atoms with E-state index in [4.69, 9.17) is 4.74 Å². The summed E-state index contributed by atoms with van der Waals surface area (Å²) in [7, 11) is -3.82. The molecule has 1 aliphatic heterocycles. The molecule has 2 heterocycles. The first-order valence-electron chi connectivity index (χ1n) is 9.91. The Bertz CT molecular complexity index is 1090. The monoisotopic (exact) mass is 466 g/mol. The minimum absolute atomic E-state index is 0.144. The fourth-order valence-electron chi connectivity index (χ4n) is 3.36. The number of rotatable bonds is 5. The fraction of sp³-hybridized carbons (Fsp3) is 0.450. The van der Waals surface area contributed by atoms with E-state index in [2.05, 4.69) is 9.71 Å². The molecule has 2 aromatic rings. The Morgan fingerprint density at radius 2 is 1.77 bits per heavy atom. The minimum atomic E-state index is -3.82. The summed E-state index contributed by atoms with van der Waals surface area (Å²) in [4.78, 5) is 32.8. The van der Waals surface area contributed by atoms with Crippen molar-refractivity contribution in [3.8, 4) is 0 Å². The quantitative estimate of drug-likeness (QED) is 0.726. The van der Waals surface area contributed by atoms with Gasteiger partial charge in [0.25, 0.3) is 15.9 Å². The van der Waals surface area contributed by atoms with Gasteiger partial charge >= 0.3 is 6.09 Å². The number of benzene rings is 1. The number of hydrogen-bond donors (Lipinski definition) is 1. The number of piperazine rings is 1. The lowest BCUT2D eigenvalue weighted by atomic mass is 10.2. The molecule has 0 aliphatic carbocycles. The molecule has 0 radical (unpaired) electrons. The van der Waals surface area contributed by atoms with Gasteiger partial charge in [0.2, 0.25) is 0 Å². The molecular formula is C20H26N4O5S2. The lowest BCUT2D eigenvalue weighted by Crippen LogP contribution is -2.50. The van der Waals surface area contributed by atoms with Crippen molar-refractivity contribution in [3.05, 3.63) is 39.9 Å². The molecule has 168 valence electrons. The smallest absolute Gasteiger partial charge is 0.409 e. The van der Waals surface area contributed by atoms with Crippen LogP contribution in [0, 0.1) is 20.8 Å². The van der Waals surface area contributed by atoms with Gasteiger partial charge in [-0.05, 0) is 39.3 Å². The highest BCUT2D eigenvalue weighted by molar-refractivity contribution is 7.93. The maximum Gasteiger partial charge on any atom is 0.409 e. The molecule has 3 rings (SSSR count). The second kappa shape index (κ2) is 9.23. The number of thiazole rings is 1. The van der Waals surface area contributed by atoms with E-state index < -0.39 is 10.0 Å². The molecule has 1 aromatic carbocycles. The first kappa shape index (κ1) is 23.0. The zero-order chi connectivity index (χ0) is 22.8. The zero-order valence-corrected chi connectivity index (χ0v) is 19.6. The van der Waals surface area contributed by atoms with Gasteiger partial charge in [0.05, 0.1) is 17.2 Å². The highest BCUT2D eigenvalue weighted by Crippen LogP contribution is 2.27. The van der Waals surface area contributed by atoms with Crippen LogP contribution in [0.25, 0.3) is 0 Å². The van der Waals surface area contributed by atoms with Crippen LogP contribution in [-0.4, -0.2) is 68.0 Å². The third kappa shape index (κ3) is 5.16. The molecule has 1 fully saturated rings. The molecule has 31 heavy (non-hydrogen) atoms. The number of aromatic nitrogens is 1. The molecule has 11 heteroatoms. The van der Waals surface area contributed by atoms with E-state index in [0.29, 0.717) is 48.9 Å². The second-order valence-corrected chi connectivity index (χ2v) is 9.94. The van der Waals surface area contributed by atoms with Crippen molar-refractivity contribution >= 4 is 38.5 Å². The molecule has 1 aliphatic rings. The number of carbonyl (C=O) groups excluding carboxylic acids is 2. The summed E-state index contributed by atoms with van der Waals surface area (Å²) in [6, 6.07) is 5.09. The average molecular weight is 467 g/mol. The van der Waals surface area contributed by atoms with Crippen molar-refractivity contribution in [2.45, 2.75) is 32.6 Å². The number of ether oxygens (including phenoxy) is 1. The molecule has 0 atom stereocenters. The Morgan fingerprint density at radius 1 is 1.13 bits per heavy atom. The van der Waals surface area contributed by atoms with E-state index in [1.165, 1.54) is 0 Å². The van der Waals surface area contributed by atoms with E-state index in [-0.39, 0.29) is 22.0 Å². The average Bonchev–Trinajstić information content (AvgIpc) is 3.06. The number of anilines is 1. The van der Waals surface area contributed by atoms with Crippen molar-refractivity contribution in [1.29, 1.82) is 0 Å². The van der Waals surface area contributed by atoms with Crippen LogP contribution in [0.15, 0.2) is 23.1 Å². The van der Waals surface area contributed by atoms with Gasteiger partial charge in [-0.1, -0.05) is 29.0 Å². The largest absolute Gasteiger partial charge is 0.450 e. The number of nitrogens with one attached hydrogen (secondary N) is 1. The van der Waals surface area contributed by atoms with E-state index in [1.807, 2.05) is 6.92 Å². The summed E-state index contributed by atoms with van der Waals surface area (Å²) in [5, 5.41) is 0.144. The topological polar surface area (TPSA) is 109 Å². The Kier molecular flexibility index (Phi) is 6.85. The van der Waals surface area contributed by atoms with E-state index in [9.17, 15) is 18.0 Å². The molecule has 2 amide bonds. The van der Waals surface area contributed by atoms with Crippen LogP contribution in [0.5, 0.6) is 0 Å². The van der Waals surface area contributed by atoms with Gasteiger partial charge in [-0.25, -0.2) is 18.2 Å². The van der Waals surface area contributed by atoms with Crippen LogP contribution in [0.2, 0.25) is 0 Å². The maximum absolute atomic E-state index is 12.9. The number of nitrogens with zero attached hydrogens (tertiary/aromatic N) is 3. The Balaban J connectivity index is 1.71. The van der Waals surface area contributed by atoms with Crippen molar-refractivity contribution in [2.75, 3.05) is 37.5 Å². The van der Waals surface area contributed by atoms with Crippen LogP contribution in [0.3, 0.4) is 0 Å². The summed E-state index contributed by atoms with van der Waals surface area (Å²) in [5.74, 6) is -0.226. The minimum Gasteiger partial charge on any atom is -0.450 e. The standard InChI is InChI=1S/C20H26N4O5S2/c1-5-29-20(26)24-10-8-23(9-11-24)18(25)17-15(4)21-19(30-17)22-31(27,28)16-7-6-13(2)12-14(16)3/h6-7,12H,5,8-11H2,1-4H3,(H,21,22). The number of hydrogen-bond acceptors (Lipinski definition) is 7. The number of amides is 2. The summed E-state index contributed by atoms with van der Waals surface area (Å²) in [6.07, 6.45) is -0.383. The number of sulfonamides is 1. The lowest BCUT2D eigenvalue weighted by Gasteiger charge is -2.33. The van der Waals surface area contributed by atoms with Gasteiger partial charge in [0.15, 0.2) is 5.13 Å². The molecule has 0 spiro atoms. The van der Waals surface area contributed by atoms with E-state index in [1.54, 1.807) is 48.8 Å². The normalized spacial score (nSPS) is 14.5. The summed E-state index contributed by atoms with van der Waals surface area (Å²) in [5.41, 5.74) is 2.06. The van der Waals surface area contributed by atoms with Gasteiger partial charge < -0.3 is 14.5 Å². The molecule has 9 nitrogen and oxygen atoms in total. The second-order valence-electron chi connectivity index (χ2n) is 7.29. The fourth-order valence-corrected chi connectivity index (χ4v) is 5.76. The van der Waals surface area contributed by atoms with Gasteiger partial charge in [0.1, 0.15) is 4.88 Å². The molecular weight excluding hydrogens is 440 g/mol. The predicted molar refractivity (Wildman–Crippen MR) is 118 cm³/mol. The molecule has 0 bridgehead atoms. The number of carbonyl (C=O) groups is 2.